The summed E-state index contributed by atoms with van der Waals surface area (Å²) in [6, 6.07) is 0. The van der Waals surface area contributed by atoms with Crippen molar-refractivity contribution in [1.82, 2.24) is 0 Å². The van der Waals surface area contributed by atoms with Gasteiger partial charge in [0.05, 0.1) is 5.60 Å². The van der Waals surface area contributed by atoms with Crippen molar-refractivity contribution in [1.29, 1.82) is 0 Å². The van der Waals surface area contributed by atoms with E-state index in [1.54, 1.807) is 0 Å². The first-order valence-corrected chi connectivity index (χ1v) is 6.84. The average Bonchev–Trinajstić information content (AvgIpc) is 2.22. The average molecular weight is 214 g/mol. The van der Waals surface area contributed by atoms with Crippen LogP contribution in [0.3, 0.4) is 0 Å². The smallest absolute Gasteiger partial charge is 0.0617 e. The van der Waals surface area contributed by atoms with E-state index in [9.17, 15) is 5.11 Å². The fourth-order valence-corrected chi connectivity index (χ4v) is 1.82. The second kappa shape index (κ2) is 9.21. The molecule has 1 N–H and O–H groups in total. The van der Waals surface area contributed by atoms with Gasteiger partial charge in [0.1, 0.15) is 0 Å². The third kappa shape index (κ3) is 10.2. The van der Waals surface area contributed by atoms with E-state index in [0.29, 0.717) is 0 Å². The summed E-state index contributed by atoms with van der Waals surface area (Å²) < 4.78 is 0. The van der Waals surface area contributed by atoms with Crippen molar-refractivity contribution in [2.45, 2.75) is 90.6 Å². The minimum absolute atomic E-state index is 0.414. The molecular formula is C14H30O. The number of hydrogen-bond acceptors (Lipinski definition) is 1. The number of rotatable bonds is 10. The van der Waals surface area contributed by atoms with Gasteiger partial charge in [0, 0.05) is 0 Å². The van der Waals surface area contributed by atoms with E-state index in [1.807, 2.05) is 6.92 Å². The molecule has 0 aromatic rings. The van der Waals surface area contributed by atoms with Crippen LogP contribution < -0.4 is 0 Å². The Balaban J connectivity index is 3.11. The van der Waals surface area contributed by atoms with E-state index >= 15 is 0 Å². The highest BCUT2D eigenvalue weighted by Gasteiger charge is 2.15. The van der Waals surface area contributed by atoms with Crippen LogP contribution in [-0.4, -0.2) is 10.7 Å². The molecule has 0 aliphatic carbocycles. The predicted molar refractivity (Wildman–Crippen MR) is 68.1 cm³/mol. The second-order valence-corrected chi connectivity index (χ2v) is 5.08. The molecule has 15 heavy (non-hydrogen) atoms. The van der Waals surface area contributed by atoms with Crippen LogP contribution in [0, 0.1) is 0 Å². The molecule has 0 unspecified atom stereocenters. The maximum absolute atomic E-state index is 9.80. The Hall–Kier alpha value is -0.0400. The fraction of sp³-hybridized carbons (Fsp3) is 1.00. The van der Waals surface area contributed by atoms with Crippen LogP contribution in [0.2, 0.25) is 0 Å². The number of hydrogen-bond donors (Lipinski definition) is 1. The minimum atomic E-state index is -0.414. The van der Waals surface area contributed by atoms with Crippen molar-refractivity contribution < 1.29 is 5.11 Å². The van der Waals surface area contributed by atoms with Crippen molar-refractivity contribution in [2.24, 2.45) is 0 Å². The first-order valence-electron chi connectivity index (χ1n) is 6.84. The molecule has 0 saturated carbocycles. The van der Waals surface area contributed by atoms with Crippen LogP contribution in [0.15, 0.2) is 0 Å². The molecule has 0 aliphatic heterocycles. The molecule has 1 heteroatoms. The topological polar surface area (TPSA) is 20.2 Å². The van der Waals surface area contributed by atoms with E-state index in [4.69, 9.17) is 0 Å². The SMILES string of the molecule is CCCCCCCCCC[C@](C)(O)CC. The third-order valence-electron chi connectivity index (χ3n) is 3.33. The van der Waals surface area contributed by atoms with Crippen LogP contribution >= 0.6 is 0 Å². The first kappa shape index (κ1) is 15.0. The molecule has 0 rings (SSSR count). The van der Waals surface area contributed by atoms with E-state index < -0.39 is 5.60 Å². The third-order valence-corrected chi connectivity index (χ3v) is 3.33. The lowest BCUT2D eigenvalue weighted by Gasteiger charge is -2.20. The number of unbranched alkanes of at least 4 members (excludes halogenated alkanes) is 7. The van der Waals surface area contributed by atoms with Gasteiger partial charge in [-0.25, -0.2) is 0 Å². The molecule has 0 radical (unpaired) electrons. The van der Waals surface area contributed by atoms with Crippen LogP contribution in [0.25, 0.3) is 0 Å². The van der Waals surface area contributed by atoms with Crippen LogP contribution in [0.4, 0.5) is 0 Å². The van der Waals surface area contributed by atoms with Crippen LogP contribution in [0.1, 0.15) is 85.0 Å². The maximum atomic E-state index is 9.80. The first-order chi connectivity index (χ1) is 7.12. The summed E-state index contributed by atoms with van der Waals surface area (Å²) >= 11 is 0. The second-order valence-electron chi connectivity index (χ2n) is 5.08. The van der Waals surface area contributed by atoms with Gasteiger partial charge in [-0.3, -0.25) is 0 Å². The summed E-state index contributed by atoms with van der Waals surface area (Å²) in [5.74, 6) is 0. The van der Waals surface area contributed by atoms with Crippen LogP contribution in [0.5, 0.6) is 0 Å². The summed E-state index contributed by atoms with van der Waals surface area (Å²) in [6.45, 7) is 6.27. The highest BCUT2D eigenvalue weighted by Crippen LogP contribution is 2.18. The summed E-state index contributed by atoms with van der Waals surface area (Å²) in [5, 5.41) is 9.80. The monoisotopic (exact) mass is 214 g/mol. The Morgan fingerprint density at radius 1 is 0.800 bits per heavy atom. The lowest BCUT2D eigenvalue weighted by atomic mass is 9.95. The molecule has 0 spiro atoms. The van der Waals surface area contributed by atoms with E-state index in [2.05, 4.69) is 13.8 Å². The van der Waals surface area contributed by atoms with Crippen molar-refractivity contribution in [3.8, 4) is 0 Å². The molecular weight excluding hydrogens is 184 g/mol. The summed E-state index contributed by atoms with van der Waals surface area (Å²) in [4.78, 5) is 0. The van der Waals surface area contributed by atoms with Gasteiger partial charge in [-0.05, 0) is 19.8 Å². The van der Waals surface area contributed by atoms with Gasteiger partial charge in [0.2, 0.25) is 0 Å². The van der Waals surface area contributed by atoms with Gasteiger partial charge in [-0.1, -0.05) is 65.2 Å². The highest BCUT2D eigenvalue weighted by atomic mass is 16.3. The fourth-order valence-electron chi connectivity index (χ4n) is 1.82. The van der Waals surface area contributed by atoms with Gasteiger partial charge in [-0.2, -0.15) is 0 Å². The van der Waals surface area contributed by atoms with Crippen molar-refractivity contribution in [3.05, 3.63) is 0 Å². The molecule has 0 saturated heterocycles. The normalized spacial score (nSPS) is 15.2. The molecule has 92 valence electrons. The Labute approximate surface area is 96.3 Å². The summed E-state index contributed by atoms with van der Waals surface area (Å²) in [6.07, 6.45) is 12.6. The Kier molecular flexibility index (Phi) is 9.18. The lowest BCUT2D eigenvalue weighted by molar-refractivity contribution is 0.0442. The Bertz CT molecular complexity index is 129. The zero-order chi connectivity index (χ0) is 11.6. The van der Waals surface area contributed by atoms with E-state index in [1.165, 1.54) is 51.4 Å². The van der Waals surface area contributed by atoms with Gasteiger partial charge in [0.25, 0.3) is 0 Å². The van der Waals surface area contributed by atoms with Crippen molar-refractivity contribution in [2.75, 3.05) is 0 Å². The standard InChI is InChI=1S/C14H30O/c1-4-6-7-8-9-10-11-12-13-14(3,15)5-2/h15H,4-13H2,1-3H3/t14-/m1/s1. The molecule has 0 fully saturated rings. The van der Waals surface area contributed by atoms with Gasteiger partial charge in [-0.15, -0.1) is 0 Å². The Morgan fingerprint density at radius 2 is 1.27 bits per heavy atom. The van der Waals surface area contributed by atoms with Gasteiger partial charge in [0.15, 0.2) is 0 Å². The molecule has 0 bridgehead atoms. The number of aliphatic hydroxyl groups is 1. The lowest BCUT2D eigenvalue weighted by Crippen LogP contribution is -2.22. The highest BCUT2D eigenvalue weighted by molar-refractivity contribution is 4.69. The molecule has 0 amide bonds. The van der Waals surface area contributed by atoms with Crippen LogP contribution in [-0.2, 0) is 0 Å². The molecule has 1 nitrogen and oxygen atoms in total. The van der Waals surface area contributed by atoms with Gasteiger partial charge >= 0.3 is 0 Å². The Morgan fingerprint density at radius 3 is 1.73 bits per heavy atom. The predicted octanol–water partition coefficient (Wildman–Crippen LogP) is 4.68. The quantitative estimate of drug-likeness (QED) is 0.524. The maximum Gasteiger partial charge on any atom is 0.0617 e. The summed E-state index contributed by atoms with van der Waals surface area (Å²) in [7, 11) is 0. The molecule has 0 aromatic carbocycles. The van der Waals surface area contributed by atoms with E-state index in [0.717, 1.165) is 12.8 Å². The molecule has 1 atom stereocenters. The molecule has 0 aliphatic rings. The zero-order valence-electron chi connectivity index (χ0n) is 11.0. The van der Waals surface area contributed by atoms with Crippen molar-refractivity contribution in [3.63, 3.8) is 0 Å². The van der Waals surface area contributed by atoms with Crippen molar-refractivity contribution >= 4 is 0 Å². The molecule has 0 heterocycles. The van der Waals surface area contributed by atoms with Gasteiger partial charge < -0.3 is 5.11 Å². The minimum Gasteiger partial charge on any atom is -0.390 e. The zero-order valence-corrected chi connectivity index (χ0v) is 11.0. The van der Waals surface area contributed by atoms with E-state index in [-0.39, 0.29) is 0 Å². The molecule has 0 aromatic heterocycles. The summed E-state index contributed by atoms with van der Waals surface area (Å²) in [5.41, 5.74) is -0.414. The largest absolute Gasteiger partial charge is 0.390 e.